The van der Waals surface area contributed by atoms with Crippen LogP contribution in [0.1, 0.15) is 22.6 Å². The van der Waals surface area contributed by atoms with Gasteiger partial charge in [-0.1, -0.05) is 12.1 Å². The van der Waals surface area contributed by atoms with Crippen molar-refractivity contribution in [3.8, 4) is 11.1 Å². The summed E-state index contributed by atoms with van der Waals surface area (Å²) >= 11 is -1.95. The lowest BCUT2D eigenvalue weighted by molar-refractivity contribution is 0.0991. The minimum absolute atomic E-state index is 0.0852. The number of benzene rings is 2. The molecule has 1 fully saturated rings. The Morgan fingerprint density at radius 2 is 2.00 bits per heavy atom. The van der Waals surface area contributed by atoms with Crippen LogP contribution in [0, 0.1) is 0 Å². The Balaban J connectivity index is 1.99. The van der Waals surface area contributed by atoms with Crippen molar-refractivity contribution in [2.75, 3.05) is 13.1 Å². The van der Waals surface area contributed by atoms with E-state index in [9.17, 15) is 17.8 Å². The lowest BCUT2D eigenvalue weighted by Crippen LogP contribution is -2.37. The maximum atomic E-state index is 13.2. The molecule has 1 aliphatic heterocycles. The van der Waals surface area contributed by atoms with E-state index in [1.165, 1.54) is 12.1 Å². The van der Waals surface area contributed by atoms with Gasteiger partial charge in [0.25, 0.3) is 5.91 Å². The van der Waals surface area contributed by atoms with E-state index in [1.807, 2.05) is 5.53 Å². The van der Waals surface area contributed by atoms with Gasteiger partial charge in [-0.2, -0.15) is 0 Å². The molecule has 0 radical (unpaired) electrons. The van der Waals surface area contributed by atoms with Gasteiger partial charge in [0.05, 0.1) is 34.0 Å². The fourth-order valence-electron chi connectivity index (χ4n) is 3.93. The van der Waals surface area contributed by atoms with E-state index in [0.717, 1.165) is 6.54 Å². The number of hydrazone groups is 1. The SMILES string of the molecule is NN/N=C(\N)c1c(-c2cccc3[nH]c(C(N)=O)nc23)ccc([S+]([O-])N[C@@H]2CCNC2)c1S(N)(=O)=O. The van der Waals surface area contributed by atoms with E-state index in [1.54, 1.807) is 18.2 Å². The molecule has 0 bridgehead atoms. The van der Waals surface area contributed by atoms with Gasteiger partial charge in [0, 0.05) is 12.1 Å². The van der Waals surface area contributed by atoms with Crippen molar-refractivity contribution in [2.45, 2.75) is 22.3 Å². The molecule has 1 saturated heterocycles. The molecule has 35 heavy (non-hydrogen) atoms. The van der Waals surface area contributed by atoms with E-state index < -0.39 is 32.2 Å². The average molecular weight is 521 g/mol. The lowest BCUT2D eigenvalue weighted by Gasteiger charge is -2.20. The van der Waals surface area contributed by atoms with Crippen LogP contribution in [-0.2, 0) is 21.4 Å². The van der Waals surface area contributed by atoms with Crippen LogP contribution in [0.25, 0.3) is 22.2 Å². The van der Waals surface area contributed by atoms with Crippen LogP contribution >= 0.6 is 0 Å². The van der Waals surface area contributed by atoms with Crippen molar-refractivity contribution in [3.63, 3.8) is 0 Å². The molecule has 0 aliphatic carbocycles. The van der Waals surface area contributed by atoms with Crippen LogP contribution in [0.5, 0.6) is 0 Å². The number of primary amides is 1. The van der Waals surface area contributed by atoms with Crippen molar-refractivity contribution >= 4 is 44.2 Å². The standard InChI is InChI=1S/C19H24N10O4S2/c20-17(27-29-22)14-10(11-2-1-3-12-15(11)26-19(25-12)18(21)30)4-5-13(16(14)35(23,32)33)34(31)28-9-6-7-24-8-9/h1-5,9,24,28-29H,6-8,22H2,(H2,20,27)(H2,21,30)(H,25,26)(H2,23,32,33)/t9-,34?/m1/s1. The highest BCUT2D eigenvalue weighted by atomic mass is 32.2. The van der Waals surface area contributed by atoms with Gasteiger partial charge in [-0.25, -0.2) is 29.9 Å². The molecule has 4 rings (SSSR count). The van der Waals surface area contributed by atoms with Gasteiger partial charge in [-0.3, -0.25) is 4.79 Å². The molecule has 186 valence electrons. The number of aromatic amines is 1. The Labute approximate surface area is 203 Å². The summed E-state index contributed by atoms with van der Waals surface area (Å²) in [6.07, 6.45) is 0.714. The fourth-order valence-corrected chi connectivity index (χ4v) is 6.45. The molecule has 2 aromatic carbocycles. The van der Waals surface area contributed by atoms with Crippen LogP contribution in [-0.4, -0.2) is 53.8 Å². The number of carbonyl (C=O) groups excluding carboxylic acids is 1. The Morgan fingerprint density at radius 3 is 2.63 bits per heavy atom. The summed E-state index contributed by atoms with van der Waals surface area (Å²) < 4.78 is 41.8. The zero-order chi connectivity index (χ0) is 25.3. The second-order valence-corrected chi connectivity index (χ2v) is 10.4. The Morgan fingerprint density at radius 1 is 1.23 bits per heavy atom. The Hall–Kier alpha value is -3.25. The predicted molar refractivity (Wildman–Crippen MR) is 130 cm³/mol. The monoisotopic (exact) mass is 520 g/mol. The number of primary sulfonamides is 1. The first-order valence-electron chi connectivity index (χ1n) is 10.3. The van der Waals surface area contributed by atoms with Crippen molar-refractivity contribution in [3.05, 3.63) is 41.7 Å². The summed E-state index contributed by atoms with van der Waals surface area (Å²) in [5.74, 6) is 4.12. The fraction of sp³-hybridized carbons (Fsp3) is 0.211. The van der Waals surface area contributed by atoms with Gasteiger partial charge in [-0.05, 0) is 36.7 Å². The minimum Gasteiger partial charge on any atom is -0.593 e. The zero-order valence-electron chi connectivity index (χ0n) is 18.2. The van der Waals surface area contributed by atoms with Crippen LogP contribution in [0.15, 0.2) is 45.2 Å². The smallest absolute Gasteiger partial charge is 0.284 e. The minimum atomic E-state index is -4.48. The third-order valence-electron chi connectivity index (χ3n) is 5.42. The Kier molecular flexibility index (Phi) is 6.95. The van der Waals surface area contributed by atoms with Crippen LogP contribution in [0.4, 0.5) is 0 Å². The number of rotatable bonds is 8. The third-order valence-corrected chi connectivity index (χ3v) is 7.83. The van der Waals surface area contributed by atoms with Crippen molar-refractivity contribution in [1.29, 1.82) is 0 Å². The summed E-state index contributed by atoms with van der Waals surface area (Å²) in [6, 6.07) is 7.75. The van der Waals surface area contributed by atoms with Crippen molar-refractivity contribution in [1.82, 2.24) is 25.5 Å². The topological polar surface area (TPSA) is 255 Å². The highest BCUT2D eigenvalue weighted by Crippen LogP contribution is 2.36. The first-order chi connectivity index (χ1) is 16.6. The number of fused-ring (bicyclic) bond motifs is 1. The Bertz CT molecular complexity index is 1420. The number of para-hydroxylation sites is 1. The average Bonchev–Trinajstić information content (AvgIpc) is 3.47. The molecular weight excluding hydrogens is 496 g/mol. The summed E-state index contributed by atoms with van der Waals surface area (Å²) in [7, 11) is -4.48. The summed E-state index contributed by atoms with van der Waals surface area (Å²) in [5, 5.41) is 12.5. The summed E-state index contributed by atoms with van der Waals surface area (Å²) in [4.78, 5) is 18.1. The maximum Gasteiger partial charge on any atom is 0.284 e. The molecule has 1 aromatic heterocycles. The summed E-state index contributed by atoms with van der Waals surface area (Å²) in [5.41, 5.74) is 14.8. The number of nitrogens with zero attached hydrogens (tertiary/aromatic N) is 2. The molecule has 1 unspecified atom stereocenters. The zero-order valence-corrected chi connectivity index (χ0v) is 19.9. The van der Waals surface area contributed by atoms with Crippen LogP contribution in [0.2, 0.25) is 0 Å². The molecule has 0 spiro atoms. The number of nitrogens with one attached hydrogen (secondary N) is 4. The molecule has 12 N–H and O–H groups in total. The maximum absolute atomic E-state index is 13.2. The number of aromatic nitrogens is 2. The molecule has 0 saturated carbocycles. The molecule has 3 aromatic rings. The van der Waals surface area contributed by atoms with Gasteiger partial charge >= 0.3 is 0 Å². The van der Waals surface area contributed by atoms with Gasteiger partial charge in [0.15, 0.2) is 21.5 Å². The molecule has 1 aliphatic rings. The predicted octanol–water partition coefficient (Wildman–Crippen LogP) is -1.97. The van der Waals surface area contributed by atoms with E-state index in [0.29, 0.717) is 29.6 Å². The van der Waals surface area contributed by atoms with Gasteiger partial charge in [-0.15, -0.1) is 9.82 Å². The second-order valence-electron chi connectivity index (χ2n) is 7.71. The van der Waals surface area contributed by atoms with Gasteiger partial charge in [0.1, 0.15) is 0 Å². The van der Waals surface area contributed by atoms with E-state index in [-0.39, 0.29) is 33.7 Å². The highest BCUT2D eigenvalue weighted by Gasteiger charge is 2.33. The number of sulfonamides is 1. The number of amidine groups is 1. The normalized spacial score (nSPS) is 17.6. The number of hydrogen-bond donors (Lipinski definition) is 8. The van der Waals surface area contributed by atoms with Crippen molar-refractivity contribution < 1.29 is 17.8 Å². The number of H-pyrrole nitrogens is 1. The van der Waals surface area contributed by atoms with Crippen LogP contribution < -0.4 is 38.0 Å². The van der Waals surface area contributed by atoms with Gasteiger partial charge in [0.2, 0.25) is 10.0 Å². The molecule has 16 heteroatoms. The molecule has 2 atom stereocenters. The van der Waals surface area contributed by atoms with E-state index in [2.05, 4.69) is 25.1 Å². The second kappa shape index (κ2) is 9.78. The highest BCUT2D eigenvalue weighted by molar-refractivity contribution is 7.92. The van der Waals surface area contributed by atoms with E-state index in [4.69, 9.17) is 22.4 Å². The number of hydrazine groups is 1. The van der Waals surface area contributed by atoms with Crippen LogP contribution in [0.3, 0.4) is 0 Å². The first kappa shape index (κ1) is 24.9. The quantitative estimate of drug-likeness (QED) is 0.0534. The number of hydrogen-bond acceptors (Lipinski definition) is 10. The summed E-state index contributed by atoms with van der Waals surface area (Å²) in [6.45, 7) is 1.31. The lowest BCUT2D eigenvalue weighted by atomic mass is 9.97. The van der Waals surface area contributed by atoms with E-state index >= 15 is 0 Å². The number of carbonyl (C=O) groups is 1. The molecule has 2 heterocycles. The number of amides is 1. The van der Waals surface area contributed by atoms with Gasteiger partial charge < -0.3 is 26.3 Å². The molecule has 14 nitrogen and oxygen atoms in total. The first-order valence-corrected chi connectivity index (χ1v) is 13.0. The third kappa shape index (κ3) is 4.94. The number of imidazole rings is 1. The number of nitrogens with two attached hydrogens (primary N) is 4. The molecule has 1 amide bonds. The molecular formula is C19H24N10O4S2. The largest absolute Gasteiger partial charge is 0.593 e. The van der Waals surface area contributed by atoms with Crippen molar-refractivity contribution in [2.24, 2.45) is 27.6 Å².